The van der Waals surface area contributed by atoms with E-state index in [1.807, 2.05) is 13.8 Å². The standard InChI is InChI=1S/C17H24N2O6S/c1-12-9-19(10-13(2)25-12)26(22,23)15-7-5-6-14(8-15)17(21)24-11-16(20)18(3)4/h5-8,12-13H,9-11H2,1-4H3/t12-,13-/m0/s1. The summed E-state index contributed by atoms with van der Waals surface area (Å²) in [7, 11) is -0.660. The van der Waals surface area contributed by atoms with Crippen molar-refractivity contribution in [3.05, 3.63) is 29.8 Å². The summed E-state index contributed by atoms with van der Waals surface area (Å²) in [5, 5.41) is 0. The van der Waals surface area contributed by atoms with Crippen LogP contribution in [0.25, 0.3) is 0 Å². The number of rotatable bonds is 5. The minimum atomic E-state index is -3.76. The largest absolute Gasteiger partial charge is 0.452 e. The number of amides is 1. The zero-order chi connectivity index (χ0) is 19.5. The van der Waals surface area contributed by atoms with E-state index >= 15 is 0 Å². The maximum atomic E-state index is 12.9. The van der Waals surface area contributed by atoms with Gasteiger partial charge in [0.15, 0.2) is 6.61 Å². The lowest BCUT2D eigenvalue weighted by atomic mass is 10.2. The van der Waals surface area contributed by atoms with Gasteiger partial charge < -0.3 is 14.4 Å². The first-order chi connectivity index (χ1) is 12.1. The quantitative estimate of drug-likeness (QED) is 0.695. The Bertz CT molecular complexity index is 767. The lowest BCUT2D eigenvalue weighted by Gasteiger charge is -2.34. The Labute approximate surface area is 153 Å². The van der Waals surface area contributed by atoms with Crippen LogP contribution in [0.3, 0.4) is 0 Å². The maximum absolute atomic E-state index is 12.9. The van der Waals surface area contributed by atoms with Gasteiger partial charge in [-0.05, 0) is 32.0 Å². The number of carbonyl (C=O) groups excluding carboxylic acids is 2. The van der Waals surface area contributed by atoms with Gasteiger partial charge in [-0.25, -0.2) is 13.2 Å². The van der Waals surface area contributed by atoms with E-state index in [-0.39, 0.29) is 41.7 Å². The number of hydrogen-bond donors (Lipinski definition) is 0. The van der Waals surface area contributed by atoms with Crippen LogP contribution in [0.2, 0.25) is 0 Å². The molecule has 1 aromatic rings. The number of morpholine rings is 1. The summed E-state index contributed by atoms with van der Waals surface area (Å²) in [6.07, 6.45) is -0.419. The van der Waals surface area contributed by atoms with E-state index < -0.39 is 22.6 Å². The first-order valence-corrected chi connectivity index (χ1v) is 9.68. The topological polar surface area (TPSA) is 93.2 Å². The molecule has 26 heavy (non-hydrogen) atoms. The van der Waals surface area contributed by atoms with Crippen molar-refractivity contribution in [2.24, 2.45) is 0 Å². The highest BCUT2D eigenvalue weighted by molar-refractivity contribution is 7.89. The zero-order valence-corrected chi connectivity index (χ0v) is 16.2. The highest BCUT2D eigenvalue weighted by Crippen LogP contribution is 2.22. The normalized spacial score (nSPS) is 21.2. The summed E-state index contributed by atoms with van der Waals surface area (Å²) >= 11 is 0. The summed E-state index contributed by atoms with van der Waals surface area (Å²) in [5.41, 5.74) is 0.0759. The second kappa shape index (κ2) is 8.15. The number of ether oxygens (including phenoxy) is 2. The Balaban J connectivity index is 2.17. The molecule has 2 atom stereocenters. The van der Waals surface area contributed by atoms with Gasteiger partial charge >= 0.3 is 5.97 Å². The Morgan fingerprint density at radius 2 is 1.85 bits per heavy atom. The van der Waals surface area contributed by atoms with Crippen molar-refractivity contribution in [3.63, 3.8) is 0 Å². The molecular weight excluding hydrogens is 360 g/mol. The highest BCUT2D eigenvalue weighted by atomic mass is 32.2. The molecule has 1 fully saturated rings. The molecule has 1 aromatic carbocycles. The Hall–Kier alpha value is -1.97. The number of hydrogen-bond acceptors (Lipinski definition) is 6. The van der Waals surface area contributed by atoms with Gasteiger partial charge in [-0.3, -0.25) is 4.79 Å². The van der Waals surface area contributed by atoms with Crippen LogP contribution in [0.5, 0.6) is 0 Å². The third-order valence-corrected chi connectivity index (χ3v) is 5.75. The number of sulfonamides is 1. The fraction of sp³-hybridized carbons (Fsp3) is 0.529. The molecule has 144 valence electrons. The van der Waals surface area contributed by atoms with Crippen LogP contribution in [0.1, 0.15) is 24.2 Å². The van der Waals surface area contributed by atoms with Gasteiger partial charge in [-0.15, -0.1) is 0 Å². The molecule has 0 aromatic heterocycles. The van der Waals surface area contributed by atoms with E-state index in [1.165, 1.54) is 33.5 Å². The van der Waals surface area contributed by atoms with E-state index in [9.17, 15) is 18.0 Å². The third kappa shape index (κ3) is 4.80. The van der Waals surface area contributed by atoms with Crippen molar-refractivity contribution in [2.45, 2.75) is 31.0 Å². The fourth-order valence-electron chi connectivity index (χ4n) is 2.60. The molecule has 1 heterocycles. The minimum absolute atomic E-state index is 0.00665. The van der Waals surface area contributed by atoms with Crippen LogP contribution in [0, 0.1) is 0 Å². The molecule has 0 spiro atoms. The number of nitrogens with zero attached hydrogens (tertiary/aromatic N) is 2. The molecule has 1 aliphatic heterocycles. The summed E-state index contributed by atoms with van der Waals surface area (Å²) in [4.78, 5) is 24.9. The van der Waals surface area contributed by atoms with Crippen molar-refractivity contribution in [1.29, 1.82) is 0 Å². The van der Waals surface area contributed by atoms with E-state index in [1.54, 1.807) is 14.1 Å². The molecule has 9 heteroatoms. The smallest absolute Gasteiger partial charge is 0.338 e. The van der Waals surface area contributed by atoms with Crippen LogP contribution >= 0.6 is 0 Å². The van der Waals surface area contributed by atoms with Crippen molar-refractivity contribution in [2.75, 3.05) is 33.8 Å². The lowest BCUT2D eigenvalue weighted by molar-refractivity contribution is -0.131. The van der Waals surface area contributed by atoms with E-state index in [2.05, 4.69) is 0 Å². The van der Waals surface area contributed by atoms with Crippen molar-refractivity contribution in [1.82, 2.24) is 9.21 Å². The van der Waals surface area contributed by atoms with Crippen LogP contribution in [0.15, 0.2) is 29.2 Å². The van der Waals surface area contributed by atoms with Crippen LogP contribution in [-0.2, 0) is 24.3 Å². The van der Waals surface area contributed by atoms with Gasteiger partial charge in [0.25, 0.3) is 5.91 Å². The van der Waals surface area contributed by atoms with Gasteiger partial charge in [0, 0.05) is 27.2 Å². The van der Waals surface area contributed by atoms with Crippen LogP contribution < -0.4 is 0 Å². The average Bonchev–Trinajstić information content (AvgIpc) is 2.58. The van der Waals surface area contributed by atoms with Gasteiger partial charge in [-0.1, -0.05) is 6.07 Å². The van der Waals surface area contributed by atoms with E-state index in [4.69, 9.17) is 9.47 Å². The Kier molecular flexibility index (Phi) is 6.38. The summed E-state index contributed by atoms with van der Waals surface area (Å²) in [5.74, 6) is -1.11. The third-order valence-electron chi connectivity index (χ3n) is 3.92. The molecule has 0 N–H and O–H groups in total. The van der Waals surface area contributed by atoms with Crippen LogP contribution in [-0.4, -0.2) is 75.5 Å². The SMILES string of the molecule is C[C@H]1CN(S(=O)(=O)c2cccc(C(=O)OCC(=O)N(C)C)c2)C[C@H](C)O1. The van der Waals surface area contributed by atoms with Gasteiger partial charge in [-0.2, -0.15) is 4.31 Å². The molecule has 0 aliphatic carbocycles. The lowest BCUT2D eigenvalue weighted by Crippen LogP contribution is -2.48. The molecule has 1 saturated heterocycles. The molecule has 2 rings (SSSR count). The number of likely N-dealkylation sites (N-methyl/N-ethyl adjacent to an activating group) is 1. The molecule has 1 aliphatic rings. The zero-order valence-electron chi connectivity index (χ0n) is 15.3. The number of benzene rings is 1. The first kappa shape index (κ1) is 20.3. The van der Waals surface area contributed by atoms with Gasteiger partial charge in [0.1, 0.15) is 0 Å². The monoisotopic (exact) mass is 384 g/mol. The molecule has 0 bridgehead atoms. The minimum Gasteiger partial charge on any atom is -0.452 e. The van der Waals surface area contributed by atoms with Crippen molar-refractivity contribution >= 4 is 21.9 Å². The molecule has 0 saturated carbocycles. The van der Waals surface area contributed by atoms with Gasteiger partial charge in [0.2, 0.25) is 10.0 Å². The highest BCUT2D eigenvalue weighted by Gasteiger charge is 2.32. The van der Waals surface area contributed by atoms with Crippen LogP contribution in [0.4, 0.5) is 0 Å². The predicted octanol–water partition coefficient (Wildman–Crippen LogP) is 0.730. The van der Waals surface area contributed by atoms with Crippen molar-refractivity contribution < 1.29 is 27.5 Å². The first-order valence-electron chi connectivity index (χ1n) is 8.24. The Morgan fingerprint density at radius 1 is 1.23 bits per heavy atom. The average molecular weight is 384 g/mol. The molecule has 8 nitrogen and oxygen atoms in total. The van der Waals surface area contributed by atoms with Crippen molar-refractivity contribution in [3.8, 4) is 0 Å². The molecule has 1 amide bonds. The summed E-state index contributed by atoms with van der Waals surface area (Å²) < 4.78 is 37.6. The fourth-order valence-corrected chi connectivity index (χ4v) is 4.24. The molecule has 0 radical (unpaired) electrons. The predicted molar refractivity (Wildman–Crippen MR) is 94.2 cm³/mol. The second-order valence-corrected chi connectivity index (χ2v) is 8.41. The van der Waals surface area contributed by atoms with E-state index in [0.29, 0.717) is 0 Å². The molecule has 0 unspecified atom stereocenters. The Morgan fingerprint density at radius 3 is 2.42 bits per heavy atom. The number of esters is 1. The summed E-state index contributed by atoms with van der Waals surface area (Å²) in [6.45, 7) is 3.72. The number of carbonyl (C=O) groups is 2. The maximum Gasteiger partial charge on any atom is 0.338 e. The molecular formula is C17H24N2O6S. The summed E-state index contributed by atoms with van der Waals surface area (Å²) in [6, 6.07) is 5.63. The van der Waals surface area contributed by atoms with Gasteiger partial charge in [0.05, 0.1) is 22.7 Å². The second-order valence-electron chi connectivity index (χ2n) is 6.47. The van der Waals surface area contributed by atoms with E-state index in [0.717, 1.165) is 0 Å².